The van der Waals surface area contributed by atoms with Crippen LogP contribution in [0.2, 0.25) is 0 Å². The summed E-state index contributed by atoms with van der Waals surface area (Å²) >= 11 is 6.80. The van der Waals surface area contributed by atoms with Gasteiger partial charge >= 0.3 is 6.61 Å². The number of benzene rings is 2. The summed E-state index contributed by atoms with van der Waals surface area (Å²) in [7, 11) is 0. The van der Waals surface area contributed by atoms with Crippen molar-refractivity contribution >= 4 is 31.9 Å². The second kappa shape index (κ2) is 7.87. The van der Waals surface area contributed by atoms with Crippen LogP contribution in [0.1, 0.15) is 11.1 Å². The molecule has 0 radical (unpaired) electrons. The average Bonchev–Trinajstić information content (AvgIpc) is 2.43. The van der Waals surface area contributed by atoms with Crippen molar-refractivity contribution in [2.75, 3.05) is 0 Å². The SMILES string of the molecule is FC(F)Oc1ccc(Br)cc1CNCc1ccccc1Br. The highest BCUT2D eigenvalue weighted by molar-refractivity contribution is 9.10. The molecular formula is C15H13Br2F2NO. The van der Waals surface area contributed by atoms with Gasteiger partial charge < -0.3 is 10.1 Å². The van der Waals surface area contributed by atoms with Gasteiger partial charge in [-0.2, -0.15) is 8.78 Å². The fourth-order valence-corrected chi connectivity index (χ4v) is 2.70. The van der Waals surface area contributed by atoms with Crippen molar-refractivity contribution in [1.82, 2.24) is 5.32 Å². The van der Waals surface area contributed by atoms with Gasteiger partial charge in [0.05, 0.1) is 0 Å². The smallest absolute Gasteiger partial charge is 0.387 e. The predicted octanol–water partition coefficient (Wildman–Crippen LogP) is 5.10. The van der Waals surface area contributed by atoms with Gasteiger partial charge in [-0.1, -0.05) is 50.1 Å². The Bertz CT molecular complexity index is 608. The van der Waals surface area contributed by atoms with Crippen LogP contribution in [0.25, 0.3) is 0 Å². The van der Waals surface area contributed by atoms with Gasteiger partial charge in [-0.05, 0) is 29.8 Å². The molecule has 0 atom stereocenters. The number of hydrogen-bond acceptors (Lipinski definition) is 2. The Balaban J connectivity index is 2.02. The number of nitrogens with one attached hydrogen (secondary N) is 1. The molecule has 0 unspecified atom stereocenters. The van der Waals surface area contributed by atoms with E-state index in [4.69, 9.17) is 0 Å². The van der Waals surface area contributed by atoms with Crippen LogP contribution in [0.4, 0.5) is 8.78 Å². The van der Waals surface area contributed by atoms with Gasteiger partial charge in [-0.3, -0.25) is 0 Å². The number of halogens is 4. The fraction of sp³-hybridized carbons (Fsp3) is 0.200. The van der Waals surface area contributed by atoms with Crippen LogP contribution in [0, 0.1) is 0 Å². The molecule has 2 aromatic rings. The molecule has 0 spiro atoms. The fourth-order valence-electron chi connectivity index (χ4n) is 1.87. The second-order valence-electron chi connectivity index (χ2n) is 4.33. The van der Waals surface area contributed by atoms with Crippen molar-refractivity contribution in [2.24, 2.45) is 0 Å². The molecule has 0 amide bonds. The van der Waals surface area contributed by atoms with Crippen molar-refractivity contribution in [1.29, 1.82) is 0 Å². The van der Waals surface area contributed by atoms with Gasteiger partial charge in [-0.25, -0.2) is 0 Å². The topological polar surface area (TPSA) is 21.3 Å². The van der Waals surface area contributed by atoms with Crippen LogP contribution in [0.3, 0.4) is 0 Å². The van der Waals surface area contributed by atoms with E-state index in [-0.39, 0.29) is 5.75 Å². The van der Waals surface area contributed by atoms with Gasteiger partial charge in [-0.15, -0.1) is 0 Å². The summed E-state index contributed by atoms with van der Waals surface area (Å²) in [4.78, 5) is 0. The zero-order valence-electron chi connectivity index (χ0n) is 11.0. The molecule has 0 aliphatic carbocycles. The predicted molar refractivity (Wildman–Crippen MR) is 85.5 cm³/mol. The van der Waals surface area contributed by atoms with E-state index in [1.165, 1.54) is 6.07 Å². The Hall–Kier alpha value is -0.980. The molecule has 0 aliphatic heterocycles. The molecule has 2 rings (SSSR count). The third-order valence-electron chi connectivity index (χ3n) is 2.83. The first-order chi connectivity index (χ1) is 10.1. The number of hydrogen-bond donors (Lipinski definition) is 1. The maximum atomic E-state index is 12.4. The standard InChI is InChI=1S/C15H13Br2F2NO/c16-12-5-6-14(21-15(18)19)11(7-12)9-20-8-10-3-1-2-4-13(10)17/h1-7,15,20H,8-9H2. The largest absolute Gasteiger partial charge is 0.434 e. The summed E-state index contributed by atoms with van der Waals surface area (Å²) in [5, 5.41) is 3.22. The maximum absolute atomic E-state index is 12.4. The summed E-state index contributed by atoms with van der Waals surface area (Å²) in [6.45, 7) is -1.77. The minimum atomic E-state index is -2.83. The van der Waals surface area contributed by atoms with Crippen molar-refractivity contribution < 1.29 is 13.5 Å². The van der Waals surface area contributed by atoms with E-state index in [9.17, 15) is 8.78 Å². The van der Waals surface area contributed by atoms with Crippen LogP contribution in [-0.2, 0) is 13.1 Å². The summed E-state index contributed by atoms with van der Waals surface area (Å²) in [6.07, 6.45) is 0. The highest BCUT2D eigenvalue weighted by Gasteiger charge is 2.10. The molecule has 112 valence electrons. The Kier molecular flexibility index (Phi) is 6.14. The van der Waals surface area contributed by atoms with Crippen molar-refractivity contribution in [3.05, 3.63) is 62.5 Å². The zero-order chi connectivity index (χ0) is 15.2. The normalized spacial score (nSPS) is 10.9. The van der Waals surface area contributed by atoms with Crippen LogP contribution in [-0.4, -0.2) is 6.61 Å². The molecule has 1 N–H and O–H groups in total. The van der Waals surface area contributed by atoms with E-state index in [0.717, 1.165) is 14.5 Å². The molecule has 0 heterocycles. The number of alkyl halides is 2. The van der Waals surface area contributed by atoms with Crippen LogP contribution in [0.15, 0.2) is 51.4 Å². The third-order valence-corrected chi connectivity index (χ3v) is 4.09. The Morgan fingerprint density at radius 1 is 1.00 bits per heavy atom. The molecule has 0 saturated carbocycles. The first-order valence-corrected chi connectivity index (χ1v) is 7.82. The molecule has 21 heavy (non-hydrogen) atoms. The Morgan fingerprint density at radius 3 is 2.43 bits per heavy atom. The lowest BCUT2D eigenvalue weighted by molar-refractivity contribution is -0.0505. The average molecular weight is 421 g/mol. The summed E-state index contributed by atoms with van der Waals surface area (Å²) in [5.41, 5.74) is 1.78. The quantitative estimate of drug-likeness (QED) is 0.701. The van der Waals surface area contributed by atoms with Gasteiger partial charge in [0.1, 0.15) is 5.75 Å². The number of rotatable bonds is 6. The molecule has 6 heteroatoms. The molecule has 0 saturated heterocycles. The molecule has 0 aromatic heterocycles. The van der Waals surface area contributed by atoms with Crippen LogP contribution >= 0.6 is 31.9 Å². The van der Waals surface area contributed by atoms with Gasteiger partial charge in [0, 0.05) is 27.6 Å². The lowest BCUT2D eigenvalue weighted by Gasteiger charge is -2.12. The van der Waals surface area contributed by atoms with Crippen molar-refractivity contribution in [2.45, 2.75) is 19.7 Å². The summed E-state index contributed by atoms with van der Waals surface area (Å²) in [5.74, 6) is 0.188. The van der Waals surface area contributed by atoms with E-state index in [1.54, 1.807) is 12.1 Å². The second-order valence-corrected chi connectivity index (χ2v) is 6.10. The highest BCUT2D eigenvalue weighted by Crippen LogP contribution is 2.25. The summed E-state index contributed by atoms with van der Waals surface area (Å²) < 4.78 is 31.1. The lowest BCUT2D eigenvalue weighted by atomic mass is 10.2. The van der Waals surface area contributed by atoms with Crippen LogP contribution in [0.5, 0.6) is 5.75 Å². The first kappa shape index (κ1) is 16.4. The Labute approximate surface area is 138 Å². The molecule has 0 aliphatic rings. The molecule has 2 nitrogen and oxygen atoms in total. The van der Waals surface area contributed by atoms with E-state index in [2.05, 4.69) is 41.9 Å². The zero-order valence-corrected chi connectivity index (χ0v) is 14.1. The minimum absolute atomic E-state index is 0.188. The van der Waals surface area contributed by atoms with Crippen molar-refractivity contribution in [3.8, 4) is 5.75 Å². The third kappa shape index (κ3) is 5.05. The lowest BCUT2D eigenvalue weighted by Crippen LogP contribution is -2.15. The van der Waals surface area contributed by atoms with E-state index < -0.39 is 6.61 Å². The first-order valence-electron chi connectivity index (χ1n) is 6.23. The van der Waals surface area contributed by atoms with Gasteiger partial charge in [0.2, 0.25) is 0 Å². The monoisotopic (exact) mass is 419 g/mol. The molecular weight excluding hydrogens is 408 g/mol. The number of ether oxygens (including phenoxy) is 1. The van der Waals surface area contributed by atoms with E-state index in [0.29, 0.717) is 18.7 Å². The van der Waals surface area contributed by atoms with E-state index >= 15 is 0 Å². The van der Waals surface area contributed by atoms with Gasteiger partial charge in [0.15, 0.2) is 0 Å². The van der Waals surface area contributed by atoms with Gasteiger partial charge in [0.25, 0.3) is 0 Å². The molecule has 2 aromatic carbocycles. The molecule has 0 fully saturated rings. The van der Waals surface area contributed by atoms with Crippen LogP contribution < -0.4 is 10.1 Å². The molecule has 0 bridgehead atoms. The Morgan fingerprint density at radius 2 is 1.71 bits per heavy atom. The maximum Gasteiger partial charge on any atom is 0.387 e. The minimum Gasteiger partial charge on any atom is -0.434 e. The summed E-state index contributed by atoms with van der Waals surface area (Å²) in [6, 6.07) is 12.8. The highest BCUT2D eigenvalue weighted by atomic mass is 79.9. The van der Waals surface area contributed by atoms with E-state index in [1.807, 2.05) is 24.3 Å². The van der Waals surface area contributed by atoms with Crippen molar-refractivity contribution in [3.63, 3.8) is 0 Å².